The van der Waals surface area contributed by atoms with Crippen molar-refractivity contribution in [3.05, 3.63) is 52.5 Å². The molecular weight excluding hydrogens is 437 g/mol. The molecule has 1 fully saturated rings. The van der Waals surface area contributed by atoms with E-state index in [1.807, 2.05) is 0 Å². The zero-order valence-corrected chi connectivity index (χ0v) is 17.2. The molecule has 1 aromatic carbocycles. The highest BCUT2D eigenvalue weighted by Gasteiger charge is 2.32. The molecular formula is C17H17Cl2N7O4. The molecule has 3 heterocycles. The Bertz CT molecular complexity index is 1050. The summed E-state index contributed by atoms with van der Waals surface area (Å²) in [4.78, 5) is 23.2. The van der Waals surface area contributed by atoms with Crippen LogP contribution in [0.25, 0.3) is 5.69 Å². The van der Waals surface area contributed by atoms with Gasteiger partial charge in [-0.1, -0.05) is 28.4 Å². The molecule has 0 spiro atoms. The molecule has 1 N–H and O–H groups in total. The second kappa shape index (κ2) is 8.58. The predicted molar refractivity (Wildman–Crippen MR) is 106 cm³/mol. The van der Waals surface area contributed by atoms with Crippen molar-refractivity contribution in [1.29, 1.82) is 0 Å². The summed E-state index contributed by atoms with van der Waals surface area (Å²) in [6.45, 7) is -0.185. The van der Waals surface area contributed by atoms with Crippen molar-refractivity contribution in [3.8, 4) is 5.69 Å². The SMILES string of the molecule is Cn1ccc(CC(C(=O)O)N2CON(c3cc(Cl)ccc3-n3cc(Cl)nn3)CO2)n1. The highest BCUT2D eigenvalue weighted by Crippen LogP contribution is 2.30. The van der Waals surface area contributed by atoms with Crippen molar-refractivity contribution >= 4 is 34.9 Å². The van der Waals surface area contributed by atoms with E-state index in [2.05, 4.69) is 15.4 Å². The topological polar surface area (TPSA) is 111 Å². The van der Waals surface area contributed by atoms with Crippen LogP contribution >= 0.6 is 23.2 Å². The van der Waals surface area contributed by atoms with Crippen LogP contribution < -0.4 is 5.06 Å². The van der Waals surface area contributed by atoms with Crippen LogP contribution in [0.4, 0.5) is 5.69 Å². The van der Waals surface area contributed by atoms with Crippen molar-refractivity contribution in [2.45, 2.75) is 12.5 Å². The summed E-state index contributed by atoms with van der Waals surface area (Å²) >= 11 is 12.0. The Morgan fingerprint density at radius 3 is 2.67 bits per heavy atom. The summed E-state index contributed by atoms with van der Waals surface area (Å²) in [5, 5.41) is 25.0. The zero-order chi connectivity index (χ0) is 21.3. The second-order valence-electron chi connectivity index (χ2n) is 6.47. The van der Waals surface area contributed by atoms with Crippen molar-refractivity contribution in [1.82, 2.24) is 29.8 Å². The van der Waals surface area contributed by atoms with Gasteiger partial charge in [0.05, 0.1) is 23.3 Å². The number of aryl methyl sites for hydroxylation is 1. The van der Waals surface area contributed by atoms with Gasteiger partial charge in [-0.3, -0.25) is 19.2 Å². The molecule has 1 aliphatic rings. The molecule has 3 aromatic rings. The minimum absolute atomic E-state index is 0.0677. The third-order valence-electron chi connectivity index (χ3n) is 4.40. The van der Waals surface area contributed by atoms with Gasteiger partial charge in [0.2, 0.25) is 0 Å². The van der Waals surface area contributed by atoms with Gasteiger partial charge in [-0.05, 0) is 24.3 Å². The molecule has 13 heteroatoms. The Morgan fingerprint density at radius 2 is 2.07 bits per heavy atom. The first-order chi connectivity index (χ1) is 14.4. The van der Waals surface area contributed by atoms with Crippen LogP contribution in [0.15, 0.2) is 36.7 Å². The third kappa shape index (κ3) is 4.40. The lowest BCUT2D eigenvalue weighted by Gasteiger charge is -2.37. The number of halogens is 2. The molecule has 1 saturated heterocycles. The summed E-state index contributed by atoms with van der Waals surface area (Å²) in [6, 6.07) is 5.90. The maximum absolute atomic E-state index is 11.8. The zero-order valence-electron chi connectivity index (χ0n) is 15.7. The maximum atomic E-state index is 11.8. The number of nitrogens with zero attached hydrogens (tertiary/aromatic N) is 7. The van der Waals surface area contributed by atoms with Crippen LogP contribution in [-0.2, 0) is 27.9 Å². The Morgan fingerprint density at radius 1 is 1.23 bits per heavy atom. The van der Waals surface area contributed by atoms with Gasteiger partial charge < -0.3 is 5.11 Å². The van der Waals surface area contributed by atoms with Crippen LogP contribution in [0.1, 0.15) is 5.69 Å². The molecule has 1 atom stereocenters. The van der Waals surface area contributed by atoms with E-state index in [-0.39, 0.29) is 25.0 Å². The van der Waals surface area contributed by atoms with E-state index in [0.29, 0.717) is 22.1 Å². The quantitative estimate of drug-likeness (QED) is 0.597. The van der Waals surface area contributed by atoms with Gasteiger partial charge in [-0.15, -0.1) is 10.2 Å². The Labute approximate surface area is 180 Å². The first kappa shape index (κ1) is 20.6. The molecule has 11 nitrogen and oxygen atoms in total. The summed E-state index contributed by atoms with van der Waals surface area (Å²) in [5.74, 6) is -1.04. The number of benzene rings is 1. The molecule has 0 aliphatic carbocycles. The number of anilines is 1. The predicted octanol–water partition coefficient (Wildman–Crippen LogP) is 1.90. The van der Waals surface area contributed by atoms with Crippen LogP contribution in [-0.4, -0.2) is 60.4 Å². The standard InChI is InChI=1S/C17H17Cl2N7O4/c1-23-5-4-12(21-23)7-15(17(27)28)26-10-29-25(9-30-26)14-6-11(18)2-3-13(14)24-8-16(19)20-22-24/h2-6,8,15H,7,9-10H2,1H3,(H,27,28). The molecule has 2 aromatic heterocycles. The van der Waals surface area contributed by atoms with Crippen molar-refractivity contribution in [2.24, 2.45) is 7.05 Å². The van der Waals surface area contributed by atoms with E-state index in [1.54, 1.807) is 48.4 Å². The lowest BCUT2D eigenvalue weighted by atomic mass is 10.1. The summed E-state index contributed by atoms with van der Waals surface area (Å²) in [7, 11) is 1.77. The number of hydrogen-bond acceptors (Lipinski definition) is 8. The molecule has 158 valence electrons. The highest BCUT2D eigenvalue weighted by molar-refractivity contribution is 6.31. The van der Waals surface area contributed by atoms with Crippen LogP contribution in [0.2, 0.25) is 10.2 Å². The van der Waals surface area contributed by atoms with E-state index in [1.165, 1.54) is 14.8 Å². The van der Waals surface area contributed by atoms with Gasteiger partial charge in [0.25, 0.3) is 0 Å². The number of hydrogen-bond donors (Lipinski definition) is 1. The first-order valence-electron chi connectivity index (χ1n) is 8.80. The highest BCUT2D eigenvalue weighted by atomic mass is 35.5. The van der Waals surface area contributed by atoms with Gasteiger partial charge in [0.15, 0.2) is 18.6 Å². The normalized spacial score (nSPS) is 16.0. The minimum atomic E-state index is -1.04. The van der Waals surface area contributed by atoms with Gasteiger partial charge in [0, 0.05) is 24.7 Å². The van der Waals surface area contributed by atoms with Crippen LogP contribution in [0.5, 0.6) is 0 Å². The number of aliphatic carboxylic acids is 1. The molecule has 0 bridgehead atoms. The molecule has 4 rings (SSSR count). The molecule has 1 unspecified atom stereocenters. The fourth-order valence-electron chi connectivity index (χ4n) is 2.98. The van der Waals surface area contributed by atoms with Crippen molar-refractivity contribution < 1.29 is 19.6 Å². The maximum Gasteiger partial charge on any atom is 0.323 e. The van der Waals surface area contributed by atoms with E-state index < -0.39 is 12.0 Å². The van der Waals surface area contributed by atoms with Gasteiger partial charge in [-0.2, -0.15) is 5.10 Å². The van der Waals surface area contributed by atoms with E-state index in [0.717, 1.165) is 0 Å². The molecule has 0 saturated carbocycles. The smallest absolute Gasteiger partial charge is 0.323 e. The van der Waals surface area contributed by atoms with Crippen LogP contribution in [0, 0.1) is 0 Å². The number of aromatic nitrogens is 5. The van der Waals surface area contributed by atoms with Crippen LogP contribution in [0.3, 0.4) is 0 Å². The Hall–Kier alpha value is -2.70. The Kier molecular flexibility index (Phi) is 5.88. The first-order valence-corrected chi connectivity index (χ1v) is 9.55. The molecule has 0 radical (unpaired) electrons. The number of hydroxylamine groups is 3. The Balaban J connectivity index is 1.50. The van der Waals surface area contributed by atoms with Crippen molar-refractivity contribution in [3.63, 3.8) is 0 Å². The van der Waals surface area contributed by atoms with Gasteiger partial charge >= 0.3 is 5.97 Å². The molecule has 1 aliphatic heterocycles. The molecule has 30 heavy (non-hydrogen) atoms. The summed E-state index contributed by atoms with van der Waals surface area (Å²) in [6.07, 6.45) is 3.46. The number of carbonyl (C=O) groups is 1. The number of carboxylic acids is 1. The minimum Gasteiger partial charge on any atom is -0.480 e. The summed E-state index contributed by atoms with van der Waals surface area (Å²) in [5.41, 5.74) is 1.80. The van der Waals surface area contributed by atoms with Gasteiger partial charge in [0.1, 0.15) is 6.04 Å². The monoisotopic (exact) mass is 453 g/mol. The average molecular weight is 454 g/mol. The lowest BCUT2D eigenvalue weighted by Crippen LogP contribution is -2.51. The number of carboxylic acid groups (broad SMARTS) is 1. The molecule has 0 amide bonds. The van der Waals surface area contributed by atoms with Crippen molar-refractivity contribution in [2.75, 3.05) is 18.5 Å². The average Bonchev–Trinajstić information content (AvgIpc) is 3.34. The lowest BCUT2D eigenvalue weighted by molar-refractivity contribution is -0.282. The summed E-state index contributed by atoms with van der Waals surface area (Å²) < 4.78 is 3.09. The fraction of sp³-hybridized carbons (Fsp3) is 0.294. The second-order valence-corrected chi connectivity index (χ2v) is 7.29. The van der Waals surface area contributed by atoms with Gasteiger partial charge in [-0.25, -0.2) is 9.75 Å². The van der Waals surface area contributed by atoms with E-state index >= 15 is 0 Å². The van der Waals surface area contributed by atoms with E-state index in [9.17, 15) is 9.90 Å². The largest absolute Gasteiger partial charge is 0.480 e. The van der Waals surface area contributed by atoms with E-state index in [4.69, 9.17) is 32.9 Å². The number of rotatable bonds is 6. The third-order valence-corrected chi connectivity index (χ3v) is 4.81. The fourth-order valence-corrected chi connectivity index (χ4v) is 3.27.